The molecule has 2 aliphatic rings. The Labute approximate surface area is 170 Å². The van der Waals surface area contributed by atoms with Crippen molar-refractivity contribution in [2.75, 3.05) is 57.9 Å². The number of aromatic nitrogens is 3. The third-order valence-corrected chi connectivity index (χ3v) is 5.08. The molecule has 0 bridgehead atoms. The number of morpholine rings is 2. The van der Waals surface area contributed by atoms with Crippen molar-refractivity contribution in [1.82, 2.24) is 24.8 Å². The number of hydrogen-bond acceptors (Lipinski definition) is 8. The van der Waals surface area contributed by atoms with E-state index in [0.717, 1.165) is 25.3 Å². The molecule has 2 saturated heterocycles. The predicted octanol–water partition coefficient (Wildman–Crippen LogP) is 1.24. The Morgan fingerprint density at radius 3 is 2.86 bits per heavy atom. The number of nitrogens with one attached hydrogen (secondary N) is 1. The number of carbonyl (C=O) groups excluding carboxylic acids is 1. The summed E-state index contributed by atoms with van der Waals surface area (Å²) >= 11 is 0. The van der Waals surface area contributed by atoms with E-state index in [-0.39, 0.29) is 12.0 Å². The molecule has 4 heterocycles. The van der Waals surface area contributed by atoms with Crippen LogP contribution in [-0.4, -0.2) is 83.2 Å². The molecule has 1 amide bonds. The summed E-state index contributed by atoms with van der Waals surface area (Å²) in [5.41, 5.74) is 0.864. The van der Waals surface area contributed by atoms with Gasteiger partial charge in [0.25, 0.3) is 0 Å². The summed E-state index contributed by atoms with van der Waals surface area (Å²) in [6, 6.07) is 5.81. The molecule has 0 unspecified atom stereocenters. The van der Waals surface area contributed by atoms with Crippen LogP contribution < -0.4 is 5.32 Å². The van der Waals surface area contributed by atoms with Crippen LogP contribution in [0.1, 0.15) is 18.2 Å². The van der Waals surface area contributed by atoms with E-state index in [1.807, 2.05) is 23.1 Å². The van der Waals surface area contributed by atoms with Crippen LogP contribution in [0.25, 0.3) is 0 Å². The second-order valence-electron chi connectivity index (χ2n) is 7.07. The van der Waals surface area contributed by atoms with E-state index in [1.165, 1.54) is 0 Å². The molecule has 4 rings (SSSR count). The van der Waals surface area contributed by atoms with Gasteiger partial charge in [-0.05, 0) is 12.1 Å². The number of anilines is 2. The molecule has 1 N–H and O–H groups in total. The van der Waals surface area contributed by atoms with Gasteiger partial charge in [-0.2, -0.15) is 0 Å². The van der Waals surface area contributed by atoms with E-state index in [0.29, 0.717) is 51.0 Å². The fourth-order valence-electron chi connectivity index (χ4n) is 3.50. The second kappa shape index (κ2) is 9.73. The lowest BCUT2D eigenvalue weighted by molar-refractivity contribution is -0.136. The second-order valence-corrected chi connectivity index (χ2v) is 7.07. The largest absolute Gasteiger partial charge is 0.378 e. The molecule has 0 radical (unpaired) electrons. The number of pyridine rings is 1. The predicted molar refractivity (Wildman–Crippen MR) is 107 cm³/mol. The highest BCUT2D eigenvalue weighted by Crippen LogP contribution is 2.23. The summed E-state index contributed by atoms with van der Waals surface area (Å²) < 4.78 is 11.3. The van der Waals surface area contributed by atoms with Gasteiger partial charge in [0.2, 0.25) is 5.91 Å². The average Bonchev–Trinajstić information content (AvgIpc) is 2.79. The Morgan fingerprint density at radius 2 is 2.03 bits per heavy atom. The Kier molecular flexibility index (Phi) is 6.60. The lowest BCUT2D eigenvalue weighted by atomic mass is 10.1. The molecule has 2 fully saturated rings. The molecule has 2 aliphatic heterocycles. The molecule has 29 heavy (non-hydrogen) atoms. The van der Waals surface area contributed by atoms with Gasteiger partial charge in [0.1, 0.15) is 17.7 Å². The highest BCUT2D eigenvalue weighted by Gasteiger charge is 2.24. The first kappa shape index (κ1) is 19.7. The van der Waals surface area contributed by atoms with Gasteiger partial charge in [0, 0.05) is 51.5 Å². The Balaban J connectivity index is 1.32. The minimum atomic E-state index is -0.120. The standard InChI is InChI=1S/C20H26N6O3/c27-20(26-9-11-28-12-10-26)4-7-25-8-13-29-17(15-25)16-2-1-3-18(23-16)24-19-14-21-5-6-22-19/h1-3,5-6,14,17H,4,7-13,15H2,(H,22,23,24)/t17-/m0/s1. The maximum absolute atomic E-state index is 12.4. The van der Waals surface area contributed by atoms with Gasteiger partial charge < -0.3 is 19.7 Å². The Hall–Kier alpha value is -2.62. The highest BCUT2D eigenvalue weighted by atomic mass is 16.5. The minimum Gasteiger partial charge on any atom is -0.378 e. The van der Waals surface area contributed by atoms with E-state index in [9.17, 15) is 4.79 Å². The molecule has 9 heteroatoms. The van der Waals surface area contributed by atoms with Crippen molar-refractivity contribution in [3.63, 3.8) is 0 Å². The van der Waals surface area contributed by atoms with E-state index in [2.05, 4.69) is 25.2 Å². The van der Waals surface area contributed by atoms with E-state index in [4.69, 9.17) is 9.47 Å². The highest BCUT2D eigenvalue weighted by molar-refractivity contribution is 5.76. The number of hydrogen-bond donors (Lipinski definition) is 1. The van der Waals surface area contributed by atoms with Crippen LogP contribution in [-0.2, 0) is 14.3 Å². The molecule has 9 nitrogen and oxygen atoms in total. The van der Waals surface area contributed by atoms with Crippen molar-refractivity contribution < 1.29 is 14.3 Å². The first-order chi connectivity index (χ1) is 14.3. The molecule has 0 spiro atoms. The van der Waals surface area contributed by atoms with E-state index < -0.39 is 0 Å². The van der Waals surface area contributed by atoms with E-state index in [1.54, 1.807) is 18.6 Å². The summed E-state index contributed by atoms with van der Waals surface area (Å²) in [7, 11) is 0. The lowest BCUT2D eigenvalue weighted by Gasteiger charge is -2.33. The van der Waals surface area contributed by atoms with Crippen LogP contribution in [0.2, 0.25) is 0 Å². The lowest BCUT2D eigenvalue weighted by Crippen LogP contribution is -2.44. The van der Waals surface area contributed by atoms with Crippen molar-refractivity contribution >= 4 is 17.5 Å². The molecular weight excluding hydrogens is 372 g/mol. The van der Waals surface area contributed by atoms with Gasteiger partial charge >= 0.3 is 0 Å². The monoisotopic (exact) mass is 398 g/mol. The quantitative estimate of drug-likeness (QED) is 0.777. The molecule has 0 aromatic carbocycles. The summed E-state index contributed by atoms with van der Waals surface area (Å²) in [5, 5.41) is 3.16. The fraction of sp³-hybridized carbons (Fsp3) is 0.500. The summed E-state index contributed by atoms with van der Waals surface area (Å²) in [4.78, 5) is 29.5. The summed E-state index contributed by atoms with van der Waals surface area (Å²) in [6.07, 6.45) is 5.31. The van der Waals surface area contributed by atoms with Crippen LogP contribution in [0.3, 0.4) is 0 Å². The van der Waals surface area contributed by atoms with Gasteiger partial charge in [-0.15, -0.1) is 0 Å². The number of ether oxygens (including phenoxy) is 2. The summed E-state index contributed by atoms with van der Waals surface area (Å²) in [5.74, 6) is 1.54. The maximum atomic E-state index is 12.4. The molecule has 2 aromatic rings. The van der Waals surface area contributed by atoms with Crippen molar-refractivity contribution in [3.05, 3.63) is 42.5 Å². The van der Waals surface area contributed by atoms with Crippen molar-refractivity contribution in [2.24, 2.45) is 0 Å². The van der Waals surface area contributed by atoms with Gasteiger partial charge in [0.15, 0.2) is 0 Å². The zero-order valence-electron chi connectivity index (χ0n) is 16.4. The van der Waals surface area contributed by atoms with Crippen LogP contribution in [0.4, 0.5) is 11.6 Å². The Bertz CT molecular complexity index is 800. The summed E-state index contributed by atoms with van der Waals surface area (Å²) in [6.45, 7) is 5.56. The van der Waals surface area contributed by atoms with Gasteiger partial charge in [0.05, 0.1) is 31.7 Å². The molecule has 154 valence electrons. The SMILES string of the molecule is O=C(CCN1CCO[C@H](c2cccc(Nc3cnccn3)n2)C1)N1CCOCC1. The third-order valence-electron chi connectivity index (χ3n) is 5.08. The normalized spacial score (nSPS) is 20.4. The fourth-order valence-corrected chi connectivity index (χ4v) is 3.50. The maximum Gasteiger partial charge on any atom is 0.224 e. The third kappa shape index (κ3) is 5.47. The van der Waals surface area contributed by atoms with E-state index >= 15 is 0 Å². The number of rotatable bonds is 6. The average molecular weight is 398 g/mol. The zero-order valence-corrected chi connectivity index (χ0v) is 16.4. The smallest absolute Gasteiger partial charge is 0.224 e. The molecule has 0 aliphatic carbocycles. The first-order valence-electron chi connectivity index (χ1n) is 9.97. The van der Waals surface area contributed by atoms with Crippen LogP contribution in [0.15, 0.2) is 36.8 Å². The van der Waals surface area contributed by atoms with Gasteiger partial charge in [-0.3, -0.25) is 14.7 Å². The molecular formula is C20H26N6O3. The molecule has 2 aromatic heterocycles. The van der Waals surface area contributed by atoms with Crippen LogP contribution >= 0.6 is 0 Å². The van der Waals surface area contributed by atoms with Crippen LogP contribution in [0.5, 0.6) is 0 Å². The van der Waals surface area contributed by atoms with Gasteiger partial charge in [-0.1, -0.05) is 6.07 Å². The van der Waals surface area contributed by atoms with Gasteiger partial charge in [-0.25, -0.2) is 9.97 Å². The van der Waals surface area contributed by atoms with Crippen LogP contribution in [0, 0.1) is 0 Å². The van der Waals surface area contributed by atoms with Crippen molar-refractivity contribution in [3.8, 4) is 0 Å². The van der Waals surface area contributed by atoms with Crippen molar-refractivity contribution in [2.45, 2.75) is 12.5 Å². The zero-order chi connectivity index (χ0) is 19.9. The topological polar surface area (TPSA) is 92.7 Å². The van der Waals surface area contributed by atoms with Crippen molar-refractivity contribution in [1.29, 1.82) is 0 Å². The number of carbonyl (C=O) groups is 1. The molecule has 1 atom stereocenters. The first-order valence-corrected chi connectivity index (χ1v) is 9.97. The number of amides is 1. The minimum absolute atomic E-state index is 0.120. The Morgan fingerprint density at radius 1 is 1.14 bits per heavy atom. The molecule has 0 saturated carbocycles. The number of nitrogens with zero attached hydrogens (tertiary/aromatic N) is 5.